The Morgan fingerprint density at radius 1 is 1.40 bits per heavy atom. The molecular weight excluding hydrogens is 336 g/mol. The van der Waals surface area contributed by atoms with Crippen molar-refractivity contribution in [3.05, 3.63) is 27.1 Å². The fraction of sp³-hybridized carbons (Fsp3) is 0.611. The molecule has 1 fully saturated rings. The number of carbonyl (C=O) groups is 1. The van der Waals surface area contributed by atoms with Crippen LogP contribution in [0.4, 0.5) is 0 Å². The van der Waals surface area contributed by atoms with Gasteiger partial charge in [0.25, 0.3) is 5.56 Å². The lowest BCUT2D eigenvalue weighted by Crippen LogP contribution is -2.51. The molecule has 0 spiro atoms. The van der Waals surface area contributed by atoms with Crippen LogP contribution in [0, 0.1) is 0 Å². The fourth-order valence-corrected chi connectivity index (χ4v) is 5.09. The van der Waals surface area contributed by atoms with Crippen molar-refractivity contribution < 1.29 is 4.79 Å². The maximum atomic E-state index is 12.9. The van der Waals surface area contributed by atoms with E-state index in [9.17, 15) is 9.59 Å². The number of aromatic nitrogens is 2. The van der Waals surface area contributed by atoms with Crippen LogP contribution in [0.3, 0.4) is 0 Å². The molecule has 0 bridgehead atoms. The zero-order chi connectivity index (χ0) is 17.4. The lowest BCUT2D eigenvalue weighted by Gasteiger charge is -2.32. The molecule has 2 aromatic heterocycles. The molecule has 1 aliphatic heterocycles. The molecule has 3 heterocycles. The van der Waals surface area contributed by atoms with Crippen LogP contribution in [0.1, 0.15) is 36.6 Å². The smallest absolute Gasteiger partial charge is 0.262 e. The molecule has 7 heteroatoms. The Hall–Kier alpha value is -1.73. The van der Waals surface area contributed by atoms with Crippen LogP contribution in [0.15, 0.2) is 11.1 Å². The van der Waals surface area contributed by atoms with Crippen LogP contribution in [-0.2, 0) is 24.2 Å². The maximum Gasteiger partial charge on any atom is 0.262 e. The summed E-state index contributed by atoms with van der Waals surface area (Å²) in [6.45, 7) is 4.81. The van der Waals surface area contributed by atoms with E-state index in [1.165, 1.54) is 16.9 Å². The summed E-state index contributed by atoms with van der Waals surface area (Å²) in [4.78, 5) is 33.9. The van der Waals surface area contributed by atoms with E-state index in [0.717, 1.165) is 49.1 Å². The van der Waals surface area contributed by atoms with Crippen molar-refractivity contribution in [2.75, 3.05) is 19.6 Å². The van der Waals surface area contributed by atoms with E-state index in [0.29, 0.717) is 19.0 Å². The van der Waals surface area contributed by atoms with Gasteiger partial charge in [0.1, 0.15) is 4.83 Å². The molecule has 1 N–H and O–H groups in total. The normalized spacial score (nSPS) is 20.7. The van der Waals surface area contributed by atoms with E-state index < -0.39 is 0 Å². The van der Waals surface area contributed by atoms with Crippen LogP contribution >= 0.6 is 11.3 Å². The van der Waals surface area contributed by atoms with E-state index >= 15 is 0 Å². The Kier molecular flexibility index (Phi) is 4.60. The quantitative estimate of drug-likeness (QED) is 0.902. The predicted molar refractivity (Wildman–Crippen MR) is 99.2 cm³/mol. The number of thiophene rings is 1. The summed E-state index contributed by atoms with van der Waals surface area (Å²) in [7, 11) is 0. The van der Waals surface area contributed by atoms with Crippen molar-refractivity contribution in [2.24, 2.45) is 0 Å². The van der Waals surface area contributed by atoms with Gasteiger partial charge in [-0.25, -0.2) is 4.98 Å². The number of nitrogens with zero attached hydrogens (tertiary/aromatic N) is 3. The van der Waals surface area contributed by atoms with Gasteiger partial charge in [0.05, 0.1) is 11.7 Å². The Bertz CT molecular complexity index is 857. The molecule has 1 aliphatic carbocycles. The molecule has 25 heavy (non-hydrogen) atoms. The molecule has 1 unspecified atom stereocenters. The van der Waals surface area contributed by atoms with Crippen LogP contribution in [0.25, 0.3) is 10.2 Å². The van der Waals surface area contributed by atoms with E-state index in [2.05, 4.69) is 17.2 Å². The van der Waals surface area contributed by atoms with Crippen LogP contribution in [-0.4, -0.2) is 46.0 Å². The van der Waals surface area contributed by atoms with E-state index in [1.54, 1.807) is 22.2 Å². The molecule has 1 saturated heterocycles. The topological polar surface area (TPSA) is 67.2 Å². The van der Waals surface area contributed by atoms with Crippen LogP contribution in [0.5, 0.6) is 0 Å². The molecule has 4 rings (SSSR count). The number of nitrogens with one attached hydrogen (secondary N) is 1. The van der Waals surface area contributed by atoms with Gasteiger partial charge >= 0.3 is 0 Å². The maximum absolute atomic E-state index is 12.9. The van der Waals surface area contributed by atoms with Crippen molar-refractivity contribution in [3.63, 3.8) is 0 Å². The number of hydrogen-bond acceptors (Lipinski definition) is 5. The lowest BCUT2D eigenvalue weighted by molar-refractivity contribution is -0.132. The highest BCUT2D eigenvalue weighted by Gasteiger charge is 2.22. The van der Waals surface area contributed by atoms with E-state index in [1.807, 2.05) is 4.90 Å². The van der Waals surface area contributed by atoms with Gasteiger partial charge < -0.3 is 10.2 Å². The average Bonchev–Trinajstić information content (AvgIpc) is 3.00. The highest BCUT2D eigenvalue weighted by Crippen LogP contribution is 2.33. The van der Waals surface area contributed by atoms with Crippen molar-refractivity contribution in [1.29, 1.82) is 0 Å². The van der Waals surface area contributed by atoms with Crippen LogP contribution in [0.2, 0.25) is 0 Å². The highest BCUT2D eigenvalue weighted by molar-refractivity contribution is 7.18. The second-order valence-electron chi connectivity index (χ2n) is 7.08. The summed E-state index contributed by atoms with van der Waals surface area (Å²) in [6.07, 6.45) is 6.36. The number of aryl methyl sites for hydroxylation is 3. The molecule has 1 amide bonds. The molecule has 2 aromatic rings. The first-order valence-corrected chi connectivity index (χ1v) is 9.96. The average molecular weight is 360 g/mol. The molecule has 0 saturated carbocycles. The summed E-state index contributed by atoms with van der Waals surface area (Å²) in [5.74, 6) is 0.118. The Labute approximate surface area is 150 Å². The Morgan fingerprint density at radius 2 is 2.24 bits per heavy atom. The van der Waals surface area contributed by atoms with Gasteiger partial charge in [0, 0.05) is 43.5 Å². The third-order valence-corrected chi connectivity index (χ3v) is 6.43. The molecule has 0 radical (unpaired) electrons. The zero-order valence-electron chi connectivity index (χ0n) is 14.6. The standard InChI is InChI=1S/C18H24N4O2S/c1-12-10-21(9-7-19-12)15(23)6-8-22-11-20-17-16(18(22)24)13-4-2-3-5-14(13)25-17/h11-12,19H,2-10H2,1H3. The Balaban J connectivity index is 1.53. The molecule has 2 aliphatic rings. The first kappa shape index (κ1) is 16.7. The van der Waals surface area contributed by atoms with E-state index in [-0.39, 0.29) is 11.5 Å². The molecular formula is C18H24N4O2S. The van der Waals surface area contributed by atoms with Gasteiger partial charge in [-0.15, -0.1) is 11.3 Å². The monoisotopic (exact) mass is 360 g/mol. The highest BCUT2D eigenvalue weighted by atomic mass is 32.1. The SMILES string of the molecule is CC1CN(C(=O)CCn2cnc3sc4c(c3c2=O)CCCC4)CCN1. The summed E-state index contributed by atoms with van der Waals surface area (Å²) < 4.78 is 1.62. The fourth-order valence-electron chi connectivity index (χ4n) is 3.87. The number of carbonyl (C=O) groups excluding carboxylic acids is 1. The van der Waals surface area contributed by atoms with Gasteiger partial charge in [-0.2, -0.15) is 0 Å². The molecule has 0 aromatic carbocycles. The third-order valence-electron chi connectivity index (χ3n) is 5.23. The zero-order valence-corrected chi connectivity index (χ0v) is 15.4. The van der Waals surface area contributed by atoms with Gasteiger partial charge in [-0.1, -0.05) is 0 Å². The first-order chi connectivity index (χ1) is 12.1. The minimum atomic E-state index is 0.0193. The van der Waals surface area contributed by atoms with Crippen molar-refractivity contribution in [1.82, 2.24) is 19.8 Å². The summed E-state index contributed by atoms with van der Waals surface area (Å²) in [6, 6.07) is 0.329. The number of piperazine rings is 1. The number of rotatable bonds is 3. The predicted octanol–water partition coefficient (Wildman–Crippen LogP) is 1.55. The number of hydrogen-bond donors (Lipinski definition) is 1. The van der Waals surface area contributed by atoms with E-state index in [4.69, 9.17) is 0 Å². The minimum Gasteiger partial charge on any atom is -0.340 e. The summed E-state index contributed by atoms with van der Waals surface area (Å²) >= 11 is 1.66. The van der Waals surface area contributed by atoms with Gasteiger partial charge in [-0.3, -0.25) is 14.2 Å². The van der Waals surface area contributed by atoms with Gasteiger partial charge in [0.2, 0.25) is 5.91 Å². The van der Waals surface area contributed by atoms with Gasteiger partial charge in [-0.05, 0) is 38.2 Å². The largest absolute Gasteiger partial charge is 0.340 e. The van der Waals surface area contributed by atoms with Crippen molar-refractivity contribution >= 4 is 27.5 Å². The molecule has 1 atom stereocenters. The summed E-state index contributed by atoms with van der Waals surface area (Å²) in [5, 5.41) is 4.13. The summed E-state index contributed by atoms with van der Waals surface area (Å²) in [5.41, 5.74) is 1.23. The third kappa shape index (κ3) is 3.22. The van der Waals surface area contributed by atoms with Crippen molar-refractivity contribution in [3.8, 4) is 0 Å². The Morgan fingerprint density at radius 3 is 3.08 bits per heavy atom. The molecule has 6 nitrogen and oxygen atoms in total. The minimum absolute atomic E-state index is 0.0193. The second-order valence-corrected chi connectivity index (χ2v) is 8.16. The second kappa shape index (κ2) is 6.88. The number of fused-ring (bicyclic) bond motifs is 3. The van der Waals surface area contributed by atoms with Crippen molar-refractivity contribution in [2.45, 2.75) is 51.6 Å². The lowest BCUT2D eigenvalue weighted by atomic mass is 9.97. The van der Waals surface area contributed by atoms with Crippen LogP contribution < -0.4 is 10.9 Å². The number of amides is 1. The molecule has 134 valence electrons. The van der Waals surface area contributed by atoms with Gasteiger partial charge in [0.15, 0.2) is 0 Å². The first-order valence-electron chi connectivity index (χ1n) is 9.14.